The van der Waals surface area contributed by atoms with Crippen LogP contribution in [0.4, 0.5) is 4.39 Å². The minimum absolute atomic E-state index is 0.110. The number of hydrogen-bond acceptors (Lipinski definition) is 4. The van der Waals surface area contributed by atoms with E-state index in [0.29, 0.717) is 17.9 Å². The highest BCUT2D eigenvalue weighted by Crippen LogP contribution is 2.37. The van der Waals surface area contributed by atoms with E-state index < -0.39 is 0 Å². The second-order valence-electron chi connectivity index (χ2n) is 7.03. The molecular formula is C22H18FN3O. The summed E-state index contributed by atoms with van der Waals surface area (Å²) in [6.07, 6.45) is 4.97. The van der Waals surface area contributed by atoms with Gasteiger partial charge in [0.05, 0.1) is 11.8 Å². The average Bonchev–Trinajstić information content (AvgIpc) is 3.17. The Morgan fingerprint density at radius 2 is 1.96 bits per heavy atom. The quantitative estimate of drug-likeness (QED) is 0.524. The van der Waals surface area contributed by atoms with Crippen LogP contribution in [0.2, 0.25) is 0 Å². The first kappa shape index (κ1) is 16.1. The molecule has 4 nitrogen and oxygen atoms in total. The van der Waals surface area contributed by atoms with Crippen LogP contribution in [0.5, 0.6) is 0 Å². The van der Waals surface area contributed by atoms with Gasteiger partial charge in [0.25, 0.3) is 0 Å². The molecule has 0 radical (unpaired) electrons. The summed E-state index contributed by atoms with van der Waals surface area (Å²) in [7, 11) is 2.03. The van der Waals surface area contributed by atoms with Crippen LogP contribution in [0, 0.1) is 5.82 Å². The van der Waals surface area contributed by atoms with Crippen LogP contribution in [-0.2, 0) is 6.54 Å². The zero-order chi connectivity index (χ0) is 18.4. The van der Waals surface area contributed by atoms with Gasteiger partial charge in [-0.1, -0.05) is 12.1 Å². The van der Waals surface area contributed by atoms with Crippen molar-refractivity contribution in [2.24, 2.45) is 0 Å². The van der Waals surface area contributed by atoms with Crippen LogP contribution in [-0.4, -0.2) is 28.5 Å². The fourth-order valence-corrected chi connectivity index (χ4v) is 3.97. The van der Waals surface area contributed by atoms with Crippen molar-refractivity contribution >= 4 is 11.0 Å². The fraction of sp³-hybridized carbons (Fsp3) is 0.182. The van der Waals surface area contributed by atoms with Crippen molar-refractivity contribution in [1.82, 2.24) is 14.9 Å². The molecule has 1 aliphatic rings. The molecule has 0 N–H and O–H groups in total. The van der Waals surface area contributed by atoms with Crippen molar-refractivity contribution in [2.75, 3.05) is 13.6 Å². The summed E-state index contributed by atoms with van der Waals surface area (Å²) in [5, 5.41) is 1.07. The van der Waals surface area contributed by atoms with E-state index in [0.717, 1.165) is 28.6 Å². The van der Waals surface area contributed by atoms with Gasteiger partial charge in [0, 0.05) is 42.4 Å². The molecule has 1 atom stereocenters. The van der Waals surface area contributed by atoms with Crippen molar-refractivity contribution in [2.45, 2.75) is 12.5 Å². The number of likely N-dealkylation sites (N-methyl/N-ethyl adjacent to an activating group) is 1. The summed E-state index contributed by atoms with van der Waals surface area (Å²) in [5.41, 5.74) is 4.25. The molecule has 2 aromatic heterocycles. The van der Waals surface area contributed by atoms with Gasteiger partial charge >= 0.3 is 0 Å². The largest absolute Gasteiger partial charge is 0.464 e. The third kappa shape index (κ3) is 2.71. The van der Waals surface area contributed by atoms with Gasteiger partial charge in [-0.15, -0.1) is 0 Å². The standard InChI is InChI=1S/C22H18FN3O/c1-26-12-18(14-3-6-20-15(11-14)7-10-27-20)16-4-5-17(21(23)19(16)13-26)22-24-8-2-9-25-22/h2-11,18H,12-13H2,1H3. The van der Waals surface area contributed by atoms with Gasteiger partial charge in [-0.3, -0.25) is 0 Å². The molecule has 1 aliphatic heterocycles. The summed E-state index contributed by atoms with van der Waals surface area (Å²) in [5.74, 6) is 0.306. The topological polar surface area (TPSA) is 42.2 Å². The predicted molar refractivity (Wildman–Crippen MR) is 102 cm³/mol. The number of nitrogens with zero attached hydrogens (tertiary/aromatic N) is 3. The first-order valence-electron chi connectivity index (χ1n) is 8.95. The van der Waals surface area contributed by atoms with Gasteiger partial charge < -0.3 is 9.32 Å². The summed E-state index contributed by atoms with van der Waals surface area (Å²) >= 11 is 0. The third-order valence-electron chi connectivity index (χ3n) is 5.26. The van der Waals surface area contributed by atoms with Crippen LogP contribution in [0.15, 0.2) is 65.5 Å². The van der Waals surface area contributed by atoms with E-state index in [9.17, 15) is 0 Å². The van der Waals surface area contributed by atoms with Gasteiger partial charge in [-0.25, -0.2) is 14.4 Å². The lowest BCUT2D eigenvalue weighted by atomic mass is 9.83. The second kappa shape index (κ2) is 6.28. The summed E-state index contributed by atoms with van der Waals surface area (Å²) in [6.45, 7) is 1.42. The fourth-order valence-electron chi connectivity index (χ4n) is 3.97. The smallest absolute Gasteiger partial charge is 0.162 e. The Morgan fingerprint density at radius 1 is 1.11 bits per heavy atom. The van der Waals surface area contributed by atoms with Crippen LogP contribution in [0.3, 0.4) is 0 Å². The molecule has 0 saturated heterocycles. The van der Waals surface area contributed by atoms with Crippen molar-refractivity contribution in [3.63, 3.8) is 0 Å². The number of fused-ring (bicyclic) bond motifs is 2. The van der Waals surface area contributed by atoms with Gasteiger partial charge in [0.2, 0.25) is 0 Å². The molecule has 2 aromatic carbocycles. The molecule has 3 heterocycles. The molecule has 134 valence electrons. The van der Waals surface area contributed by atoms with Crippen LogP contribution in [0.1, 0.15) is 22.6 Å². The van der Waals surface area contributed by atoms with Gasteiger partial charge in [0.15, 0.2) is 5.82 Å². The van der Waals surface area contributed by atoms with E-state index in [1.165, 1.54) is 5.56 Å². The first-order chi connectivity index (χ1) is 13.2. The van der Waals surface area contributed by atoms with Crippen molar-refractivity contribution in [3.8, 4) is 11.4 Å². The molecule has 4 aromatic rings. The highest BCUT2D eigenvalue weighted by molar-refractivity contribution is 5.78. The molecule has 0 amide bonds. The minimum Gasteiger partial charge on any atom is -0.464 e. The normalized spacial score (nSPS) is 17.2. The Morgan fingerprint density at radius 3 is 2.81 bits per heavy atom. The van der Waals surface area contributed by atoms with Gasteiger partial charge in [-0.2, -0.15) is 0 Å². The third-order valence-corrected chi connectivity index (χ3v) is 5.26. The predicted octanol–water partition coefficient (Wildman–Crippen LogP) is 4.61. The monoisotopic (exact) mass is 359 g/mol. The number of benzene rings is 2. The number of rotatable bonds is 2. The SMILES string of the molecule is CN1Cc2c(ccc(-c3ncccn3)c2F)C(c2ccc3occc3c2)C1. The number of halogens is 1. The molecule has 5 rings (SSSR count). The Bertz CT molecular complexity index is 1120. The Hall–Kier alpha value is -3.05. The zero-order valence-corrected chi connectivity index (χ0v) is 14.9. The molecule has 0 aliphatic carbocycles. The lowest BCUT2D eigenvalue weighted by Gasteiger charge is -2.33. The van der Waals surface area contributed by atoms with E-state index >= 15 is 4.39 Å². The van der Waals surface area contributed by atoms with E-state index in [1.807, 2.05) is 25.2 Å². The van der Waals surface area contributed by atoms with Crippen molar-refractivity contribution < 1.29 is 8.81 Å². The maximum atomic E-state index is 15.4. The van der Waals surface area contributed by atoms with E-state index in [-0.39, 0.29) is 11.7 Å². The molecule has 0 spiro atoms. The lowest BCUT2D eigenvalue weighted by Crippen LogP contribution is -2.31. The molecule has 5 heteroatoms. The van der Waals surface area contributed by atoms with Crippen molar-refractivity contribution in [1.29, 1.82) is 0 Å². The van der Waals surface area contributed by atoms with Gasteiger partial charge in [0.1, 0.15) is 11.4 Å². The van der Waals surface area contributed by atoms with Crippen LogP contribution < -0.4 is 0 Å². The van der Waals surface area contributed by atoms with Gasteiger partial charge in [-0.05, 0) is 48.5 Å². The molecule has 0 saturated carbocycles. The summed E-state index contributed by atoms with van der Waals surface area (Å²) < 4.78 is 20.8. The maximum absolute atomic E-state index is 15.4. The Kier molecular flexibility index (Phi) is 3.76. The maximum Gasteiger partial charge on any atom is 0.162 e. The molecule has 27 heavy (non-hydrogen) atoms. The van der Waals surface area contributed by atoms with E-state index in [2.05, 4.69) is 27.0 Å². The number of aromatic nitrogens is 2. The number of furan rings is 1. The van der Waals surface area contributed by atoms with E-state index in [4.69, 9.17) is 4.42 Å². The highest BCUT2D eigenvalue weighted by atomic mass is 19.1. The zero-order valence-electron chi connectivity index (χ0n) is 14.9. The lowest BCUT2D eigenvalue weighted by molar-refractivity contribution is 0.289. The molecule has 0 fully saturated rings. The summed E-state index contributed by atoms with van der Waals surface area (Å²) in [4.78, 5) is 10.6. The number of hydrogen-bond donors (Lipinski definition) is 0. The van der Waals surface area contributed by atoms with Crippen molar-refractivity contribution in [3.05, 3.63) is 83.6 Å². The molecular weight excluding hydrogens is 341 g/mol. The van der Waals surface area contributed by atoms with E-state index in [1.54, 1.807) is 30.8 Å². The Labute approximate surface area is 156 Å². The average molecular weight is 359 g/mol. The van der Waals surface area contributed by atoms with Crippen LogP contribution in [0.25, 0.3) is 22.4 Å². The first-order valence-corrected chi connectivity index (χ1v) is 8.95. The Balaban J connectivity index is 1.64. The molecule has 1 unspecified atom stereocenters. The minimum atomic E-state index is -0.223. The highest BCUT2D eigenvalue weighted by Gasteiger charge is 2.29. The summed E-state index contributed by atoms with van der Waals surface area (Å²) in [6, 6.07) is 13.7. The second-order valence-corrected chi connectivity index (χ2v) is 7.03. The van der Waals surface area contributed by atoms with Crippen LogP contribution >= 0.6 is 0 Å². The molecule has 0 bridgehead atoms.